The van der Waals surface area contributed by atoms with E-state index in [0.717, 1.165) is 18.8 Å². The number of methoxy groups -OCH3 is 1. The van der Waals surface area contributed by atoms with Crippen molar-refractivity contribution in [1.82, 2.24) is 9.55 Å². The van der Waals surface area contributed by atoms with Crippen LogP contribution in [-0.2, 0) is 0 Å². The second-order valence-electron chi connectivity index (χ2n) is 4.86. The fourth-order valence-electron chi connectivity index (χ4n) is 2.69. The van der Waals surface area contributed by atoms with Crippen molar-refractivity contribution in [1.29, 1.82) is 0 Å². The number of hydrogen-bond donors (Lipinski definition) is 0. The quantitative estimate of drug-likeness (QED) is 0.793. The summed E-state index contributed by atoms with van der Waals surface area (Å²) in [7, 11) is 1.45. The molecule has 1 aromatic rings. The standard InChI is InChI=1S/C13H19ClN2O2/c1-3-9-4-6-10(7-5-9)16-8-15-12(14)11(18-2)13(16)17/h8-10H,3-7H2,1-2H3. The Morgan fingerprint density at radius 1 is 1.44 bits per heavy atom. The molecule has 1 saturated carbocycles. The molecule has 1 aliphatic carbocycles. The Bertz CT molecular complexity index is 465. The van der Waals surface area contributed by atoms with Crippen LogP contribution in [0.15, 0.2) is 11.1 Å². The zero-order chi connectivity index (χ0) is 13.1. The van der Waals surface area contributed by atoms with Gasteiger partial charge >= 0.3 is 0 Å². The minimum absolute atomic E-state index is 0.140. The Balaban J connectivity index is 2.22. The van der Waals surface area contributed by atoms with Gasteiger partial charge in [-0.25, -0.2) is 4.98 Å². The molecule has 0 atom stereocenters. The highest BCUT2D eigenvalue weighted by molar-refractivity contribution is 6.30. The van der Waals surface area contributed by atoms with Crippen molar-refractivity contribution in [2.24, 2.45) is 5.92 Å². The molecule has 5 heteroatoms. The Kier molecular flexibility index (Phi) is 4.27. The van der Waals surface area contributed by atoms with E-state index in [9.17, 15) is 4.79 Å². The van der Waals surface area contributed by atoms with Crippen molar-refractivity contribution >= 4 is 11.6 Å². The molecule has 0 radical (unpaired) electrons. The first kappa shape index (κ1) is 13.4. The van der Waals surface area contributed by atoms with E-state index in [0.29, 0.717) is 0 Å². The van der Waals surface area contributed by atoms with E-state index in [1.807, 2.05) is 0 Å². The number of ether oxygens (including phenoxy) is 1. The van der Waals surface area contributed by atoms with Crippen LogP contribution in [0.2, 0.25) is 5.15 Å². The molecule has 18 heavy (non-hydrogen) atoms. The second-order valence-corrected chi connectivity index (χ2v) is 5.22. The van der Waals surface area contributed by atoms with Crippen molar-refractivity contribution in [3.63, 3.8) is 0 Å². The summed E-state index contributed by atoms with van der Waals surface area (Å²) in [6, 6.07) is 0.235. The molecule has 0 saturated heterocycles. The maximum Gasteiger partial charge on any atom is 0.297 e. The van der Waals surface area contributed by atoms with E-state index in [1.54, 1.807) is 10.9 Å². The fraction of sp³-hybridized carbons (Fsp3) is 0.692. The molecule has 1 fully saturated rings. The Hall–Kier alpha value is -1.03. The van der Waals surface area contributed by atoms with Crippen molar-refractivity contribution in [2.75, 3.05) is 7.11 Å². The highest BCUT2D eigenvalue weighted by atomic mass is 35.5. The molecule has 1 heterocycles. The van der Waals surface area contributed by atoms with Crippen LogP contribution in [0.25, 0.3) is 0 Å². The number of hydrogen-bond acceptors (Lipinski definition) is 3. The summed E-state index contributed by atoms with van der Waals surface area (Å²) >= 11 is 5.84. The maximum atomic E-state index is 12.2. The molecule has 0 aromatic carbocycles. The van der Waals surface area contributed by atoms with Crippen molar-refractivity contribution in [3.05, 3.63) is 21.8 Å². The van der Waals surface area contributed by atoms with Crippen LogP contribution in [0.5, 0.6) is 5.75 Å². The monoisotopic (exact) mass is 270 g/mol. The van der Waals surface area contributed by atoms with E-state index in [1.165, 1.54) is 26.4 Å². The molecule has 0 spiro atoms. The molecule has 0 bridgehead atoms. The predicted octanol–water partition coefficient (Wildman–Crippen LogP) is 3.05. The van der Waals surface area contributed by atoms with Gasteiger partial charge in [0, 0.05) is 6.04 Å². The van der Waals surface area contributed by atoms with Crippen LogP contribution in [-0.4, -0.2) is 16.7 Å². The number of aromatic nitrogens is 2. The number of nitrogens with zero attached hydrogens (tertiary/aromatic N) is 2. The van der Waals surface area contributed by atoms with E-state index in [2.05, 4.69) is 11.9 Å². The summed E-state index contributed by atoms with van der Waals surface area (Å²) in [5, 5.41) is 0.140. The van der Waals surface area contributed by atoms with Gasteiger partial charge in [0.1, 0.15) is 0 Å². The van der Waals surface area contributed by atoms with E-state index >= 15 is 0 Å². The number of halogens is 1. The van der Waals surface area contributed by atoms with Gasteiger partial charge in [-0.05, 0) is 31.6 Å². The van der Waals surface area contributed by atoms with Gasteiger partial charge in [0.25, 0.3) is 5.56 Å². The molecule has 100 valence electrons. The molecule has 0 N–H and O–H groups in total. The zero-order valence-corrected chi connectivity index (χ0v) is 11.6. The summed E-state index contributed by atoms with van der Waals surface area (Å²) in [5.41, 5.74) is -0.169. The maximum absolute atomic E-state index is 12.2. The van der Waals surface area contributed by atoms with Crippen LogP contribution >= 0.6 is 11.6 Å². The van der Waals surface area contributed by atoms with Gasteiger partial charge < -0.3 is 4.74 Å². The summed E-state index contributed by atoms with van der Waals surface area (Å²) in [4.78, 5) is 16.2. The molecule has 0 amide bonds. The molecule has 1 aromatic heterocycles. The van der Waals surface area contributed by atoms with Crippen molar-refractivity contribution in [3.8, 4) is 5.75 Å². The highest BCUT2D eigenvalue weighted by Gasteiger charge is 2.23. The van der Waals surface area contributed by atoms with Gasteiger partial charge in [0.05, 0.1) is 13.4 Å². The summed E-state index contributed by atoms with van der Waals surface area (Å²) in [5.74, 6) is 0.955. The lowest BCUT2D eigenvalue weighted by Crippen LogP contribution is -2.29. The Labute approximate surface area is 112 Å². The summed E-state index contributed by atoms with van der Waals surface area (Å²) in [6.45, 7) is 2.23. The van der Waals surface area contributed by atoms with E-state index in [4.69, 9.17) is 16.3 Å². The molecule has 4 nitrogen and oxygen atoms in total. The number of rotatable bonds is 3. The van der Waals surface area contributed by atoms with Gasteiger partial charge in [0.15, 0.2) is 5.15 Å². The van der Waals surface area contributed by atoms with Crippen LogP contribution in [0.1, 0.15) is 45.1 Å². The lowest BCUT2D eigenvalue weighted by Gasteiger charge is -2.29. The second kappa shape index (κ2) is 5.74. The minimum atomic E-state index is -0.169. The van der Waals surface area contributed by atoms with Crippen LogP contribution in [0, 0.1) is 5.92 Å². The van der Waals surface area contributed by atoms with Crippen LogP contribution < -0.4 is 10.3 Å². The smallest absolute Gasteiger partial charge is 0.297 e. The third-order valence-electron chi connectivity index (χ3n) is 3.90. The third-order valence-corrected chi connectivity index (χ3v) is 4.17. The van der Waals surface area contributed by atoms with Crippen molar-refractivity contribution in [2.45, 2.75) is 45.1 Å². The van der Waals surface area contributed by atoms with Crippen LogP contribution in [0.4, 0.5) is 0 Å². The lowest BCUT2D eigenvalue weighted by molar-refractivity contribution is 0.261. The predicted molar refractivity (Wildman–Crippen MR) is 71.3 cm³/mol. The molecule has 2 rings (SSSR count). The van der Waals surface area contributed by atoms with Gasteiger partial charge in [-0.15, -0.1) is 0 Å². The molecule has 0 unspecified atom stereocenters. The fourth-order valence-corrected chi connectivity index (χ4v) is 2.89. The summed E-state index contributed by atoms with van der Waals surface area (Å²) < 4.78 is 6.70. The molecular weight excluding hydrogens is 252 g/mol. The first-order valence-corrected chi connectivity index (χ1v) is 6.85. The average Bonchev–Trinajstić information content (AvgIpc) is 2.40. The minimum Gasteiger partial charge on any atom is -0.489 e. The summed E-state index contributed by atoms with van der Waals surface area (Å²) in [6.07, 6.45) is 7.20. The van der Waals surface area contributed by atoms with Gasteiger partial charge in [0.2, 0.25) is 5.75 Å². The molecule has 1 aliphatic rings. The van der Waals surface area contributed by atoms with Gasteiger partial charge in [-0.1, -0.05) is 24.9 Å². The Morgan fingerprint density at radius 2 is 2.11 bits per heavy atom. The van der Waals surface area contributed by atoms with Gasteiger partial charge in [-0.2, -0.15) is 0 Å². The molecule has 0 aliphatic heterocycles. The average molecular weight is 271 g/mol. The Morgan fingerprint density at radius 3 is 2.67 bits per heavy atom. The SMILES string of the molecule is CCC1CCC(n2cnc(Cl)c(OC)c2=O)CC1. The van der Waals surface area contributed by atoms with E-state index < -0.39 is 0 Å². The third kappa shape index (κ3) is 2.53. The van der Waals surface area contributed by atoms with Crippen LogP contribution in [0.3, 0.4) is 0 Å². The largest absolute Gasteiger partial charge is 0.489 e. The highest BCUT2D eigenvalue weighted by Crippen LogP contribution is 2.33. The van der Waals surface area contributed by atoms with E-state index in [-0.39, 0.29) is 22.5 Å². The van der Waals surface area contributed by atoms with Crippen molar-refractivity contribution < 1.29 is 4.74 Å². The molecular formula is C13H19ClN2O2. The first-order valence-electron chi connectivity index (χ1n) is 6.48. The zero-order valence-electron chi connectivity index (χ0n) is 10.9. The first-order chi connectivity index (χ1) is 8.67. The topological polar surface area (TPSA) is 44.1 Å². The normalized spacial score (nSPS) is 23.9. The van der Waals surface area contributed by atoms with Gasteiger partial charge in [-0.3, -0.25) is 9.36 Å². The lowest BCUT2D eigenvalue weighted by atomic mass is 9.84.